The summed E-state index contributed by atoms with van der Waals surface area (Å²) in [7, 11) is -0.351. The number of methoxy groups -OCH3 is 2. The number of rotatable bonds is 17. The van der Waals surface area contributed by atoms with Crippen molar-refractivity contribution in [3.63, 3.8) is 0 Å². The van der Waals surface area contributed by atoms with Gasteiger partial charge in [-0.25, -0.2) is 13.1 Å². The zero-order valence-corrected chi connectivity index (χ0v) is 25.4. The van der Waals surface area contributed by atoms with Crippen LogP contribution in [0.2, 0.25) is 0 Å². The number of amides is 2. The second kappa shape index (κ2) is 16.6. The molecule has 10 heteroatoms. The van der Waals surface area contributed by atoms with E-state index in [1.54, 1.807) is 50.3 Å². The Morgan fingerprint density at radius 2 is 1.55 bits per heavy atom. The molecule has 3 aromatic carbocycles. The Bertz CT molecular complexity index is 1360. The lowest BCUT2D eigenvalue weighted by molar-refractivity contribution is -0.141. The molecule has 0 unspecified atom stereocenters. The summed E-state index contributed by atoms with van der Waals surface area (Å²) in [4.78, 5) is 29.3. The molecule has 0 aliphatic heterocycles. The Labute approximate surface area is 249 Å². The van der Waals surface area contributed by atoms with E-state index in [1.807, 2.05) is 54.6 Å². The minimum Gasteiger partial charge on any atom is -0.497 e. The fourth-order valence-electron chi connectivity index (χ4n) is 4.53. The molecule has 1 atom stereocenters. The number of ether oxygens (including phenoxy) is 2. The third kappa shape index (κ3) is 9.97. The molecule has 9 nitrogen and oxygen atoms in total. The SMILES string of the molecule is CCNS(=O)(=O)c1ccc(CCC(=O)N(Cc2ccc(OC)cc2)[C@H](Cc2ccccc2)C(=O)NCCCOC)cc1. The molecule has 0 aliphatic carbocycles. The lowest BCUT2D eigenvalue weighted by Crippen LogP contribution is -2.50. The number of benzene rings is 3. The molecule has 0 aliphatic rings. The molecule has 0 bridgehead atoms. The highest BCUT2D eigenvalue weighted by molar-refractivity contribution is 7.89. The Morgan fingerprint density at radius 3 is 2.17 bits per heavy atom. The zero-order valence-electron chi connectivity index (χ0n) is 24.5. The molecular formula is C32H41N3O6S. The number of nitrogens with one attached hydrogen (secondary N) is 2. The summed E-state index contributed by atoms with van der Waals surface area (Å²) in [5.41, 5.74) is 2.64. The first-order valence-corrected chi connectivity index (χ1v) is 15.6. The molecule has 0 radical (unpaired) electrons. The maximum absolute atomic E-state index is 13.9. The van der Waals surface area contributed by atoms with Gasteiger partial charge in [-0.2, -0.15) is 0 Å². The van der Waals surface area contributed by atoms with E-state index in [0.717, 1.165) is 16.7 Å². The van der Waals surface area contributed by atoms with Gasteiger partial charge in [-0.15, -0.1) is 0 Å². The molecule has 2 N–H and O–H groups in total. The standard InChI is InChI=1S/C32H41N3O6S/c1-4-34-42(38,39)29-18-13-25(14-19-29)15-20-31(36)35(24-27-11-16-28(41-3)17-12-27)30(23-26-9-6-5-7-10-26)32(37)33-21-8-22-40-2/h5-7,9-14,16-19,30,34H,4,8,15,20-24H2,1-3H3,(H,33,37)/t30-/m1/s1. The smallest absolute Gasteiger partial charge is 0.243 e. The van der Waals surface area contributed by atoms with Crippen LogP contribution in [0.25, 0.3) is 0 Å². The topological polar surface area (TPSA) is 114 Å². The van der Waals surface area contributed by atoms with Gasteiger partial charge < -0.3 is 19.7 Å². The van der Waals surface area contributed by atoms with Crippen LogP contribution in [0, 0.1) is 0 Å². The van der Waals surface area contributed by atoms with Crippen LogP contribution >= 0.6 is 0 Å². The van der Waals surface area contributed by atoms with Crippen LogP contribution in [0.15, 0.2) is 83.8 Å². The lowest BCUT2D eigenvalue weighted by Gasteiger charge is -2.32. The van der Waals surface area contributed by atoms with E-state index < -0.39 is 16.1 Å². The fourth-order valence-corrected chi connectivity index (χ4v) is 5.57. The van der Waals surface area contributed by atoms with E-state index in [1.165, 1.54) is 0 Å². The highest BCUT2D eigenvalue weighted by atomic mass is 32.2. The van der Waals surface area contributed by atoms with Gasteiger partial charge in [-0.3, -0.25) is 9.59 Å². The van der Waals surface area contributed by atoms with Gasteiger partial charge >= 0.3 is 0 Å². The van der Waals surface area contributed by atoms with Crippen LogP contribution in [0.4, 0.5) is 0 Å². The normalized spacial score (nSPS) is 12.0. The molecule has 3 aromatic rings. The van der Waals surface area contributed by atoms with Crippen LogP contribution in [0.1, 0.15) is 36.5 Å². The van der Waals surface area contributed by atoms with E-state index in [4.69, 9.17) is 9.47 Å². The number of carbonyl (C=O) groups is 2. The van der Waals surface area contributed by atoms with Crippen LogP contribution in [-0.2, 0) is 43.7 Å². The minimum absolute atomic E-state index is 0.151. The third-order valence-corrected chi connectivity index (χ3v) is 8.36. The van der Waals surface area contributed by atoms with Crippen LogP contribution < -0.4 is 14.8 Å². The Kier molecular flexibility index (Phi) is 13.0. The number of hydrogen-bond acceptors (Lipinski definition) is 6. The molecule has 3 rings (SSSR count). The predicted molar refractivity (Wildman–Crippen MR) is 163 cm³/mol. The summed E-state index contributed by atoms with van der Waals surface area (Å²) < 4.78 is 37.5. The first-order chi connectivity index (χ1) is 20.3. The van der Waals surface area contributed by atoms with Crippen molar-refractivity contribution in [1.29, 1.82) is 0 Å². The maximum atomic E-state index is 13.9. The monoisotopic (exact) mass is 595 g/mol. The summed E-state index contributed by atoms with van der Waals surface area (Å²) in [5.74, 6) is 0.297. The average molecular weight is 596 g/mol. The second-order valence-electron chi connectivity index (χ2n) is 9.86. The number of nitrogens with zero attached hydrogens (tertiary/aromatic N) is 1. The van der Waals surface area contributed by atoms with Gasteiger partial charge in [-0.05, 0) is 53.8 Å². The van der Waals surface area contributed by atoms with E-state index >= 15 is 0 Å². The number of sulfonamides is 1. The van der Waals surface area contributed by atoms with Gasteiger partial charge in [0.2, 0.25) is 21.8 Å². The van der Waals surface area contributed by atoms with Crippen molar-refractivity contribution in [3.05, 3.63) is 95.6 Å². The Hall–Kier alpha value is -3.73. The number of carbonyl (C=O) groups excluding carboxylic acids is 2. The summed E-state index contributed by atoms with van der Waals surface area (Å²) in [6, 6.07) is 22.9. The second-order valence-corrected chi connectivity index (χ2v) is 11.6. The van der Waals surface area contributed by atoms with E-state index in [-0.39, 0.29) is 29.7 Å². The molecule has 226 valence electrons. The van der Waals surface area contributed by atoms with Gasteiger partial charge in [-0.1, -0.05) is 61.5 Å². The van der Waals surface area contributed by atoms with Crippen molar-refractivity contribution in [2.75, 3.05) is 33.9 Å². The molecular weight excluding hydrogens is 554 g/mol. The number of hydrogen-bond donors (Lipinski definition) is 2. The van der Waals surface area contributed by atoms with Gasteiger partial charge in [0.25, 0.3) is 0 Å². The van der Waals surface area contributed by atoms with Gasteiger partial charge in [0.05, 0.1) is 12.0 Å². The van der Waals surface area contributed by atoms with Crippen molar-refractivity contribution in [1.82, 2.24) is 14.9 Å². The van der Waals surface area contributed by atoms with Crippen LogP contribution in [0.5, 0.6) is 5.75 Å². The summed E-state index contributed by atoms with van der Waals surface area (Å²) in [5, 5.41) is 2.99. The highest BCUT2D eigenvalue weighted by Crippen LogP contribution is 2.19. The first kappa shape index (κ1) is 32.8. The van der Waals surface area contributed by atoms with Gasteiger partial charge in [0.15, 0.2) is 0 Å². The predicted octanol–water partition coefficient (Wildman–Crippen LogP) is 3.72. The van der Waals surface area contributed by atoms with Gasteiger partial charge in [0, 0.05) is 46.2 Å². The summed E-state index contributed by atoms with van der Waals surface area (Å²) in [6.45, 7) is 3.22. The Morgan fingerprint density at radius 1 is 0.881 bits per heavy atom. The van der Waals surface area contributed by atoms with Crippen molar-refractivity contribution in [2.45, 2.75) is 50.1 Å². The molecule has 2 amide bonds. The number of aryl methyl sites for hydroxylation is 1. The minimum atomic E-state index is -3.56. The molecule has 0 aromatic heterocycles. The quantitative estimate of drug-likeness (QED) is 0.230. The zero-order chi connectivity index (χ0) is 30.4. The molecule has 0 saturated heterocycles. The van der Waals surface area contributed by atoms with Gasteiger partial charge in [0.1, 0.15) is 11.8 Å². The third-order valence-electron chi connectivity index (χ3n) is 6.80. The van der Waals surface area contributed by atoms with Crippen molar-refractivity contribution < 1.29 is 27.5 Å². The maximum Gasteiger partial charge on any atom is 0.243 e. The summed E-state index contributed by atoms with van der Waals surface area (Å²) in [6.07, 6.45) is 1.56. The van der Waals surface area contributed by atoms with Crippen molar-refractivity contribution in [2.24, 2.45) is 0 Å². The lowest BCUT2D eigenvalue weighted by atomic mass is 10.0. The molecule has 0 heterocycles. The van der Waals surface area contributed by atoms with Crippen LogP contribution in [-0.4, -0.2) is 65.1 Å². The molecule has 42 heavy (non-hydrogen) atoms. The first-order valence-electron chi connectivity index (χ1n) is 14.1. The van der Waals surface area contributed by atoms with E-state index in [0.29, 0.717) is 44.7 Å². The largest absolute Gasteiger partial charge is 0.497 e. The fraction of sp³-hybridized carbons (Fsp3) is 0.375. The van der Waals surface area contributed by atoms with Crippen molar-refractivity contribution >= 4 is 21.8 Å². The Balaban J connectivity index is 1.85. The van der Waals surface area contributed by atoms with Crippen molar-refractivity contribution in [3.8, 4) is 5.75 Å². The van der Waals surface area contributed by atoms with Crippen LogP contribution in [0.3, 0.4) is 0 Å². The average Bonchev–Trinajstić information content (AvgIpc) is 3.00. The molecule has 0 fully saturated rings. The molecule has 0 spiro atoms. The van der Waals surface area contributed by atoms with E-state index in [2.05, 4.69) is 10.0 Å². The molecule has 0 saturated carbocycles. The summed E-state index contributed by atoms with van der Waals surface area (Å²) >= 11 is 0. The highest BCUT2D eigenvalue weighted by Gasteiger charge is 2.30. The van der Waals surface area contributed by atoms with E-state index in [9.17, 15) is 18.0 Å².